The summed E-state index contributed by atoms with van der Waals surface area (Å²) in [4.78, 5) is 11.7. The number of morpholine rings is 1. The zero-order valence-corrected chi connectivity index (χ0v) is 4.83. The summed E-state index contributed by atoms with van der Waals surface area (Å²) in [5, 5.41) is 8.26. The van der Waals surface area contributed by atoms with Gasteiger partial charge in [-0.15, -0.1) is 0 Å². The maximum absolute atomic E-state index is 10.6. The molecule has 0 spiro atoms. The minimum Gasteiger partial charge on any atom is -0.370 e. The van der Waals surface area contributed by atoms with Gasteiger partial charge in [0.25, 0.3) is 5.91 Å². The van der Waals surface area contributed by atoms with Crippen LogP contribution in [0.25, 0.3) is 0 Å². The number of carbonyl (C=O) groups excluding carboxylic acids is 1. The summed E-state index contributed by atoms with van der Waals surface area (Å²) in [6.45, 7) is 0.919. The normalized spacial score (nSPS) is 19.4. The topological polar surface area (TPSA) is 53.3 Å². The number of rotatable bonds is 0. The lowest BCUT2D eigenvalue weighted by molar-refractivity contribution is -0.138. The number of hydrogen-bond acceptors (Lipinski definition) is 3. The van der Waals surface area contributed by atoms with Crippen molar-refractivity contribution >= 4 is 5.91 Å². The van der Waals surface area contributed by atoms with Crippen LogP contribution >= 0.6 is 0 Å². The van der Waals surface area contributed by atoms with Gasteiger partial charge in [-0.05, 0) is 0 Å². The molecule has 9 heavy (non-hydrogen) atoms. The van der Waals surface area contributed by atoms with Crippen molar-refractivity contribution in [3.8, 4) is 6.19 Å². The summed E-state index contributed by atoms with van der Waals surface area (Å²) in [5.41, 5.74) is 0. The molecule has 0 N–H and O–H groups in total. The van der Waals surface area contributed by atoms with Gasteiger partial charge in [0.2, 0.25) is 0 Å². The van der Waals surface area contributed by atoms with Crippen LogP contribution in [0.3, 0.4) is 0 Å². The van der Waals surface area contributed by atoms with Crippen LogP contribution in [0.2, 0.25) is 0 Å². The van der Waals surface area contributed by atoms with Crippen molar-refractivity contribution in [1.29, 1.82) is 5.26 Å². The molecule has 1 amide bonds. The molecule has 0 aliphatic carbocycles. The fourth-order valence-electron chi connectivity index (χ4n) is 0.624. The molecule has 0 aromatic carbocycles. The molecule has 1 rings (SSSR count). The highest BCUT2D eigenvalue weighted by Gasteiger charge is 2.16. The van der Waals surface area contributed by atoms with E-state index in [4.69, 9.17) is 10.00 Å². The van der Waals surface area contributed by atoms with E-state index in [1.54, 1.807) is 6.19 Å². The summed E-state index contributed by atoms with van der Waals surface area (Å²) >= 11 is 0. The molecule has 4 heteroatoms. The van der Waals surface area contributed by atoms with Gasteiger partial charge < -0.3 is 4.74 Å². The molecular formula is C5H6N2O2. The first-order valence-electron chi connectivity index (χ1n) is 2.62. The van der Waals surface area contributed by atoms with Crippen molar-refractivity contribution in [3.05, 3.63) is 0 Å². The van der Waals surface area contributed by atoms with Gasteiger partial charge in [-0.25, -0.2) is 4.90 Å². The van der Waals surface area contributed by atoms with Crippen LogP contribution in [0.15, 0.2) is 0 Å². The van der Waals surface area contributed by atoms with Gasteiger partial charge in [-0.2, -0.15) is 5.26 Å². The van der Waals surface area contributed by atoms with Gasteiger partial charge >= 0.3 is 0 Å². The molecule has 0 bridgehead atoms. The Morgan fingerprint density at radius 2 is 2.56 bits per heavy atom. The van der Waals surface area contributed by atoms with Crippen molar-refractivity contribution < 1.29 is 9.53 Å². The average molecular weight is 126 g/mol. The monoisotopic (exact) mass is 126 g/mol. The van der Waals surface area contributed by atoms with Gasteiger partial charge in [0, 0.05) is 0 Å². The van der Waals surface area contributed by atoms with E-state index in [0.717, 1.165) is 4.90 Å². The molecule has 48 valence electrons. The first kappa shape index (κ1) is 6.05. The fraction of sp³-hybridized carbons (Fsp3) is 0.600. The van der Waals surface area contributed by atoms with E-state index < -0.39 is 0 Å². The van der Waals surface area contributed by atoms with Crippen LogP contribution in [0.4, 0.5) is 0 Å². The Balaban J connectivity index is 2.51. The highest BCUT2D eigenvalue weighted by Crippen LogP contribution is 1.94. The van der Waals surface area contributed by atoms with Crippen molar-refractivity contribution in [2.24, 2.45) is 0 Å². The lowest BCUT2D eigenvalue weighted by atomic mass is 10.4. The number of nitrogens with zero attached hydrogens (tertiary/aromatic N) is 2. The third-order valence-corrected chi connectivity index (χ3v) is 1.11. The highest BCUT2D eigenvalue weighted by atomic mass is 16.5. The third kappa shape index (κ3) is 1.18. The Kier molecular flexibility index (Phi) is 1.66. The minimum absolute atomic E-state index is 0.0492. The lowest BCUT2D eigenvalue weighted by Gasteiger charge is -2.18. The molecule has 1 heterocycles. The second-order valence-corrected chi connectivity index (χ2v) is 1.70. The van der Waals surface area contributed by atoms with E-state index in [9.17, 15) is 4.79 Å². The predicted octanol–water partition coefficient (Wildman–Crippen LogP) is -0.674. The van der Waals surface area contributed by atoms with E-state index in [0.29, 0.717) is 13.2 Å². The SMILES string of the molecule is N#CN1CCOCC1=O. The Morgan fingerprint density at radius 3 is 3.00 bits per heavy atom. The smallest absolute Gasteiger partial charge is 0.261 e. The minimum atomic E-state index is -0.247. The molecule has 1 aliphatic rings. The largest absolute Gasteiger partial charge is 0.370 e. The van der Waals surface area contributed by atoms with Crippen LogP contribution in [-0.2, 0) is 9.53 Å². The van der Waals surface area contributed by atoms with Crippen molar-refractivity contribution in [2.75, 3.05) is 19.8 Å². The lowest BCUT2D eigenvalue weighted by Crippen LogP contribution is -2.37. The molecule has 0 saturated carbocycles. The maximum Gasteiger partial charge on any atom is 0.261 e. The van der Waals surface area contributed by atoms with Gasteiger partial charge in [-0.3, -0.25) is 4.79 Å². The van der Waals surface area contributed by atoms with Gasteiger partial charge in [0.15, 0.2) is 6.19 Å². The summed E-state index contributed by atoms with van der Waals surface area (Å²) in [6, 6.07) is 0. The van der Waals surface area contributed by atoms with Gasteiger partial charge in [0.05, 0.1) is 13.2 Å². The van der Waals surface area contributed by atoms with E-state index in [1.807, 2.05) is 0 Å². The van der Waals surface area contributed by atoms with Crippen LogP contribution in [-0.4, -0.2) is 30.6 Å². The molecule has 0 atom stereocenters. The molecular weight excluding hydrogens is 120 g/mol. The Morgan fingerprint density at radius 1 is 1.78 bits per heavy atom. The van der Waals surface area contributed by atoms with E-state index in [1.165, 1.54) is 0 Å². The van der Waals surface area contributed by atoms with Crippen LogP contribution in [0, 0.1) is 11.5 Å². The van der Waals surface area contributed by atoms with Crippen LogP contribution < -0.4 is 0 Å². The Labute approximate surface area is 52.6 Å². The van der Waals surface area contributed by atoms with Gasteiger partial charge in [-0.1, -0.05) is 0 Å². The van der Waals surface area contributed by atoms with Crippen molar-refractivity contribution in [3.63, 3.8) is 0 Å². The standard InChI is InChI=1S/C5H6N2O2/c6-4-7-1-2-9-3-5(7)8/h1-3H2. The maximum atomic E-state index is 10.6. The molecule has 0 aromatic heterocycles. The molecule has 0 radical (unpaired) electrons. The summed E-state index contributed by atoms with van der Waals surface area (Å²) in [6.07, 6.45) is 1.76. The number of nitriles is 1. The highest BCUT2D eigenvalue weighted by molar-refractivity contribution is 5.79. The summed E-state index contributed by atoms with van der Waals surface area (Å²) < 4.78 is 4.77. The molecule has 1 aliphatic heterocycles. The molecule has 1 saturated heterocycles. The van der Waals surface area contributed by atoms with E-state index in [2.05, 4.69) is 0 Å². The van der Waals surface area contributed by atoms with Gasteiger partial charge in [0.1, 0.15) is 6.61 Å². The van der Waals surface area contributed by atoms with Crippen LogP contribution in [0.5, 0.6) is 0 Å². The number of amides is 1. The molecule has 1 fully saturated rings. The first-order valence-corrected chi connectivity index (χ1v) is 2.62. The quantitative estimate of drug-likeness (QED) is 0.404. The second-order valence-electron chi connectivity index (χ2n) is 1.70. The predicted molar refractivity (Wildman–Crippen MR) is 28.1 cm³/mol. The van der Waals surface area contributed by atoms with Crippen molar-refractivity contribution in [2.45, 2.75) is 0 Å². The van der Waals surface area contributed by atoms with E-state index in [-0.39, 0.29) is 12.5 Å². The third-order valence-electron chi connectivity index (χ3n) is 1.11. The van der Waals surface area contributed by atoms with Crippen LogP contribution in [0.1, 0.15) is 0 Å². The summed E-state index contributed by atoms with van der Waals surface area (Å²) in [7, 11) is 0. The molecule has 0 aromatic rings. The zero-order chi connectivity index (χ0) is 6.69. The number of ether oxygens (including phenoxy) is 1. The first-order chi connectivity index (χ1) is 4.34. The zero-order valence-electron chi connectivity index (χ0n) is 4.83. The Hall–Kier alpha value is -1.08. The van der Waals surface area contributed by atoms with E-state index >= 15 is 0 Å². The Bertz CT molecular complexity index is 161. The molecule has 0 unspecified atom stereocenters. The number of hydrogen-bond donors (Lipinski definition) is 0. The average Bonchev–Trinajstić information content (AvgIpc) is 1.89. The van der Waals surface area contributed by atoms with Crippen molar-refractivity contribution in [1.82, 2.24) is 4.90 Å². The summed E-state index contributed by atoms with van der Waals surface area (Å²) in [5.74, 6) is -0.247. The number of carbonyl (C=O) groups is 1. The second kappa shape index (κ2) is 2.46. The fourth-order valence-corrected chi connectivity index (χ4v) is 0.624. The molecule has 4 nitrogen and oxygen atoms in total.